The van der Waals surface area contributed by atoms with Crippen LogP contribution >= 0.6 is 0 Å². The lowest BCUT2D eigenvalue weighted by atomic mass is 9.96. The summed E-state index contributed by atoms with van der Waals surface area (Å²) in [5.74, 6) is 2.89. The largest absolute Gasteiger partial charge is 0.119 e. The van der Waals surface area contributed by atoms with Crippen molar-refractivity contribution < 1.29 is 0 Å². The molecule has 0 N–H and O–H groups in total. The molecule has 60 valence electrons. The summed E-state index contributed by atoms with van der Waals surface area (Å²) in [6.45, 7) is 2.10. The molecule has 0 heteroatoms. The summed E-state index contributed by atoms with van der Waals surface area (Å²) in [5, 5.41) is 0. The molecule has 0 aromatic heterocycles. The molecular formula is C12H12. The Labute approximate surface area is 73.6 Å². The molecule has 0 bridgehead atoms. The minimum atomic E-state index is 0.105. The minimum Gasteiger partial charge on any atom is -0.119 e. The van der Waals surface area contributed by atoms with Crippen molar-refractivity contribution >= 4 is 0 Å². The van der Waals surface area contributed by atoms with Gasteiger partial charge in [0.05, 0.1) is 5.41 Å². The summed E-state index contributed by atoms with van der Waals surface area (Å²) in [6.07, 6.45) is 7.81. The number of benzene rings is 1. The van der Waals surface area contributed by atoms with Gasteiger partial charge in [0, 0.05) is 0 Å². The maximum atomic E-state index is 5.49. The Morgan fingerprint density at radius 3 is 2.25 bits per heavy atom. The van der Waals surface area contributed by atoms with Crippen LogP contribution in [0, 0.1) is 19.3 Å². The van der Waals surface area contributed by atoms with Gasteiger partial charge in [-0.15, -0.1) is 6.42 Å². The van der Waals surface area contributed by atoms with Gasteiger partial charge >= 0.3 is 0 Å². The molecule has 12 heavy (non-hydrogen) atoms. The summed E-state index contributed by atoms with van der Waals surface area (Å²) >= 11 is 0. The van der Waals surface area contributed by atoms with Crippen molar-refractivity contribution in [3.8, 4) is 12.3 Å². The number of hydrogen-bond acceptors (Lipinski definition) is 0. The van der Waals surface area contributed by atoms with Crippen molar-refractivity contribution in [1.82, 2.24) is 0 Å². The summed E-state index contributed by atoms with van der Waals surface area (Å²) in [4.78, 5) is 0. The Morgan fingerprint density at radius 1 is 1.25 bits per heavy atom. The zero-order valence-electron chi connectivity index (χ0n) is 7.30. The summed E-state index contributed by atoms with van der Waals surface area (Å²) < 4.78 is 0. The molecule has 1 aliphatic rings. The molecule has 0 saturated heterocycles. The lowest BCUT2D eigenvalue weighted by Gasteiger charge is -2.07. The lowest BCUT2D eigenvalue weighted by Crippen LogP contribution is -2.01. The van der Waals surface area contributed by atoms with E-state index >= 15 is 0 Å². The van der Waals surface area contributed by atoms with E-state index in [1.165, 1.54) is 11.1 Å². The maximum Gasteiger partial charge on any atom is 0.0561 e. The van der Waals surface area contributed by atoms with E-state index in [0.717, 1.165) is 12.8 Å². The molecule has 1 aliphatic carbocycles. The van der Waals surface area contributed by atoms with Crippen LogP contribution in [0.25, 0.3) is 0 Å². The number of hydrogen-bond donors (Lipinski definition) is 0. The molecule has 0 spiro atoms. The Balaban J connectivity index is 2.37. The molecule has 2 rings (SSSR count). The van der Waals surface area contributed by atoms with Crippen LogP contribution in [0.3, 0.4) is 0 Å². The summed E-state index contributed by atoms with van der Waals surface area (Å²) in [6, 6.07) is 8.57. The fourth-order valence-electron chi connectivity index (χ4n) is 1.51. The zero-order valence-corrected chi connectivity index (χ0v) is 7.30. The SMILES string of the molecule is C#CC1(c2ccc(C)cc2)CC1. The van der Waals surface area contributed by atoms with Crippen molar-refractivity contribution in [3.05, 3.63) is 35.4 Å². The Bertz CT molecular complexity index is 320. The van der Waals surface area contributed by atoms with Gasteiger partial charge in [-0.05, 0) is 25.3 Å². The molecule has 0 radical (unpaired) electrons. The third kappa shape index (κ3) is 1.02. The third-order valence-corrected chi connectivity index (χ3v) is 2.63. The van der Waals surface area contributed by atoms with Crippen LogP contribution in [0.2, 0.25) is 0 Å². The van der Waals surface area contributed by atoms with E-state index in [-0.39, 0.29) is 5.41 Å². The fraction of sp³-hybridized carbons (Fsp3) is 0.333. The number of rotatable bonds is 1. The van der Waals surface area contributed by atoms with E-state index in [0.29, 0.717) is 0 Å². The van der Waals surface area contributed by atoms with Crippen molar-refractivity contribution in [2.24, 2.45) is 0 Å². The van der Waals surface area contributed by atoms with Crippen molar-refractivity contribution in [1.29, 1.82) is 0 Å². The Kier molecular flexibility index (Phi) is 1.48. The van der Waals surface area contributed by atoms with Crippen LogP contribution in [0.15, 0.2) is 24.3 Å². The highest BCUT2D eigenvalue weighted by molar-refractivity contribution is 5.41. The normalized spacial score (nSPS) is 18.3. The smallest absolute Gasteiger partial charge is 0.0561 e. The second kappa shape index (κ2) is 2.38. The topological polar surface area (TPSA) is 0 Å². The standard InChI is InChI=1S/C12H12/c1-3-12(8-9-12)11-6-4-10(2)5-7-11/h1,4-7H,8-9H2,2H3. The van der Waals surface area contributed by atoms with Crippen LogP contribution in [0.1, 0.15) is 24.0 Å². The molecular weight excluding hydrogens is 144 g/mol. The molecule has 0 amide bonds. The molecule has 1 saturated carbocycles. The van der Waals surface area contributed by atoms with Gasteiger partial charge in [-0.2, -0.15) is 0 Å². The zero-order chi connectivity index (χ0) is 8.60. The molecule has 1 aromatic rings. The lowest BCUT2D eigenvalue weighted by molar-refractivity contribution is 0.930. The van der Waals surface area contributed by atoms with E-state index in [9.17, 15) is 0 Å². The van der Waals surface area contributed by atoms with Gasteiger partial charge in [0.25, 0.3) is 0 Å². The van der Waals surface area contributed by atoms with Crippen LogP contribution in [0.4, 0.5) is 0 Å². The third-order valence-electron chi connectivity index (χ3n) is 2.63. The van der Waals surface area contributed by atoms with Crippen molar-refractivity contribution in [2.75, 3.05) is 0 Å². The second-order valence-corrected chi connectivity index (χ2v) is 3.59. The van der Waals surface area contributed by atoms with E-state index in [4.69, 9.17) is 6.42 Å². The molecule has 0 nitrogen and oxygen atoms in total. The summed E-state index contributed by atoms with van der Waals surface area (Å²) in [5.41, 5.74) is 2.72. The predicted octanol–water partition coefficient (Wildman–Crippen LogP) is 2.66. The van der Waals surface area contributed by atoms with Gasteiger partial charge in [-0.1, -0.05) is 35.7 Å². The van der Waals surface area contributed by atoms with Crippen molar-refractivity contribution in [3.63, 3.8) is 0 Å². The minimum absolute atomic E-state index is 0.105. The summed E-state index contributed by atoms with van der Waals surface area (Å²) in [7, 11) is 0. The van der Waals surface area contributed by atoms with Gasteiger partial charge in [-0.25, -0.2) is 0 Å². The quantitative estimate of drug-likeness (QED) is 0.548. The van der Waals surface area contributed by atoms with Crippen molar-refractivity contribution in [2.45, 2.75) is 25.2 Å². The molecule has 1 aromatic carbocycles. The first kappa shape index (κ1) is 7.43. The number of aryl methyl sites for hydroxylation is 1. The van der Waals surface area contributed by atoms with E-state index in [1.807, 2.05) is 0 Å². The first-order valence-electron chi connectivity index (χ1n) is 4.32. The van der Waals surface area contributed by atoms with E-state index in [1.54, 1.807) is 0 Å². The van der Waals surface area contributed by atoms with Crippen LogP contribution in [-0.2, 0) is 5.41 Å². The van der Waals surface area contributed by atoms with Gasteiger partial charge in [0.15, 0.2) is 0 Å². The highest BCUT2D eigenvalue weighted by Crippen LogP contribution is 2.47. The molecule has 1 fully saturated rings. The number of terminal acetylenes is 1. The first-order chi connectivity index (χ1) is 5.77. The highest BCUT2D eigenvalue weighted by Gasteiger charge is 2.42. The van der Waals surface area contributed by atoms with Gasteiger partial charge in [0.1, 0.15) is 0 Å². The van der Waals surface area contributed by atoms with Crippen LogP contribution < -0.4 is 0 Å². The average Bonchev–Trinajstić information content (AvgIpc) is 2.86. The molecule has 0 heterocycles. The predicted molar refractivity (Wildman–Crippen MR) is 50.9 cm³/mol. The van der Waals surface area contributed by atoms with E-state index in [2.05, 4.69) is 37.1 Å². The Hall–Kier alpha value is -1.22. The first-order valence-corrected chi connectivity index (χ1v) is 4.32. The molecule has 0 unspecified atom stereocenters. The van der Waals surface area contributed by atoms with Gasteiger partial charge in [0.2, 0.25) is 0 Å². The molecule has 0 aliphatic heterocycles. The van der Waals surface area contributed by atoms with Crippen LogP contribution in [0.5, 0.6) is 0 Å². The highest BCUT2D eigenvalue weighted by atomic mass is 14.4. The van der Waals surface area contributed by atoms with E-state index < -0.39 is 0 Å². The Morgan fingerprint density at radius 2 is 1.83 bits per heavy atom. The van der Waals surface area contributed by atoms with Crippen LogP contribution in [-0.4, -0.2) is 0 Å². The van der Waals surface area contributed by atoms with Gasteiger partial charge < -0.3 is 0 Å². The maximum absolute atomic E-state index is 5.49. The van der Waals surface area contributed by atoms with Gasteiger partial charge in [-0.3, -0.25) is 0 Å². The fourth-order valence-corrected chi connectivity index (χ4v) is 1.51. The average molecular weight is 156 g/mol. The second-order valence-electron chi connectivity index (χ2n) is 3.59. The monoisotopic (exact) mass is 156 g/mol. The molecule has 0 atom stereocenters.